The van der Waals surface area contributed by atoms with Gasteiger partial charge >= 0.3 is 0 Å². The molecular formula is C13H11ClN2. The zero-order chi connectivity index (χ0) is 11.4. The van der Waals surface area contributed by atoms with Gasteiger partial charge < -0.3 is 5.73 Å². The minimum absolute atomic E-state index is 0.428. The highest BCUT2D eigenvalue weighted by Crippen LogP contribution is 2.17. The molecule has 0 spiro atoms. The van der Waals surface area contributed by atoms with Crippen LogP contribution in [0.3, 0.4) is 0 Å². The Balaban J connectivity index is 2.36. The van der Waals surface area contributed by atoms with E-state index in [4.69, 9.17) is 17.3 Å². The number of halogens is 1. The summed E-state index contributed by atoms with van der Waals surface area (Å²) in [5, 5.41) is 0.611. The number of hydrogen-bond donors (Lipinski definition) is 1. The molecule has 0 aliphatic carbocycles. The molecule has 0 aliphatic rings. The molecule has 0 heterocycles. The van der Waals surface area contributed by atoms with Gasteiger partial charge in [-0.2, -0.15) is 0 Å². The van der Waals surface area contributed by atoms with Crippen molar-refractivity contribution in [2.24, 2.45) is 10.7 Å². The molecule has 16 heavy (non-hydrogen) atoms. The second kappa shape index (κ2) is 4.81. The summed E-state index contributed by atoms with van der Waals surface area (Å²) in [6, 6.07) is 16.9. The van der Waals surface area contributed by atoms with Gasteiger partial charge in [-0.05, 0) is 24.3 Å². The van der Waals surface area contributed by atoms with Crippen molar-refractivity contribution >= 4 is 23.1 Å². The number of nitrogens with zero attached hydrogens (tertiary/aromatic N) is 1. The second-order valence-electron chi connectivity index (χ2n) is 3.31. The maximum absolute atomic E-state index is 6.02. The predicted molar refractivity (Wildman–Crippen MR) is 68.3 cm³/mol. The number of benzene rings is 2. The van der Waals surface area contributed by atoms with E-state index in [1.54, 1.807) is 6.07 Å². The van der Waals surface area contributed by atoms with Crippen LogP contribution in [0.15, 0.2) is 59.6 Å². The van der Waals surface area contributed by atoms with Gasteiger partial charge in [0.05, 0.1) is 10.7 Å². The molecule has 2 nitrogen and oxygen atoms in total. The van der Waals surface area contributed by atoms with Gasteiger partial charge in [0.2, 0.25) is 0 Å². The van der Waals surface area contributed by atoms with Gasteiger partial charge in [0.1, 0.15) is 5.84 Å². The van der Waals surface area contributed by atoms with Gasteiger partial charge in [0.15, 0.2) is 0 Å². The molecule has 0 unspecified atom stereocenters. The van der Waals surface area contributed by atoms with Crippen LogP contribution in [0.5, 0.6) is 0 Å². The highest BCUT2D eigenvalue weighted by Gasteiger charge is 2.02. The lowest BCUT2D eigenvalue weighted by Gasteiger charge is -2.03. The first-order valence-electron chi connectivity index (χ1n) is 4.91. The third-order valence-electron chi connectivity index (χ3n) is 2.16. The van der Waals surface area contributed by atoms with E-state index >= 15 is 0 Å². The van der Waals surface area contributed by atoms with Crippen LogP contribution in [-0.2, 0) is 0 Å². The lowest BCUT2D eigenvalue weighted by atomic mass is 10.2. The smallest absolute Gasteiger partial charge is 0.132 e. The Kier molecular flexibility index (Phi) is 3.22. The predicted octanol–water partition coefficient (Wildman–Crippen LogP) is 3.38. The van der Waals surface area contributed by atoms with E-state index < -0.39 is 0 Å². The number of aliphatic imine (C=N–C) groups is 1. The van der Waals surface area contributed by atoms with Gasteiger partial charge in [0.25, 0.3) is 0 Å². The van der Waals surface area contributed by atoms with Crippen LogP contribution in [0.2, 0.25) is 5.02 Å². The zero-order valence-corrected chi connectivity index (χ0v) is 9.35. The minimum Gasteiger partial charge on any atom is -0.383 e. The molecule has 0 radical (unpaired) electrons. The van der Waals surface area contributed by atoms with Gasteiger partial charge in [-0.3, -0.25) is 0 Å². The monoisotopic (exact) mass is 230 g/mol. The lowest BCUT2D eigenvalue weighted by Crippen LogP contribution is -2.13. The normalized spacial score (nSPS) is 11.4. The van der Waals surface area contributed by atoms with Crippen LogP contribution in [-0.4, -0.2) is 5.84 Å². The van der Waals surface area contributed by atoms with Crippen molar-refractivity contribution in [3.63, 3.8) is 0 Å². The standard InChI is InChI=1S/C13H11ClN2/c14-12-9-5-4-8-11(12)13(15)16-10-6-2-1-3-7-10/h1-9H,(H2,15,16). The SMILES string of the molecule is NC(=Nc1ccccc1)c1ccccc1Cl. The molecule has 2 aromatic rings. The molecule has 0 fully saturated rings. The summed E-state index contributed by atoms with van der Waals surface area (Å²) >= 11 is 6.02. The topological polar surface area (TPSA) is 38.4 Å². The fraction of sp³-hybridized carbons (Fsp3) is 0. The van der Waals surface area contributed by atoms with Crippen molar-refractivity contribution < 1.29 is 0 Å². The summed E-state index contributed by atoms with van der Waals surface area (Å²) < 4.78 is 0. The summed E-state index contributed by atoms with van der Waals surface area (Å²) in [5.74, 6) is 0.428. The van der Waals surface area contributed by atoms with E-state index in [2.05, 4.69) is 4.99 Å². The van der Waals surface area contributed by atoms with E-state index in [1.807, 2.05) is 48.5 Å². The average Bonchev–Trinajstić information content (AvgIpc) is 2.31. The molecule has 0 aromatic heterocycles. The number of nitrogens with two attached hydrogens (primary N) is 1. The number of para-hydroxylation sites is 1. The molecule has 2 aromatic carbocycles. The maximum atomic E-state index is 6.02. The van der Waals surface area contributed by atoms with Gasteiger partial charge in [-0.1, -0.05) is 41.9 Å². The highest BCUT2D eigenvalue weighted by atomic mass is 35.5. The second-order valence-corrected chi connectivity index (χ2v) is 3.72. The highest BCUT2D eigenvalue weighted by molar-refractivity contribution is 6.34. The Hall–Kier alpha value is -1.80. The molecule has 80 valence electrons. The fourth-order valence-electron chi connectivity index (χ4n) is 1.37. The lowest BCUT2D eigenvalue weighted by molar-refractivity contribution is 1.45. The van der Waals surface area contributed by atoms with Crippen LogP contribution in [0.1, 0.15) is 5.56 Å². The molecule has 0 aliphatic heterocycles. The van der Waals surface area contributed by atoms with Gasteiger partial charge in [-0.15, -0.1) is 0 Å². The first-order chi connectivity index (χ1) is 7.77. The summed E-state index contributed by atoms with van der Waals surface area (Å²) in [5.41, 5.74) is 7.47. The number of rotatable bonds is 2. The zero-order valence-electron chi connectivity index (χ0n) is 8.60. The molecule has 2 rings (SSSR count). The van der Waals surface area contributed by atoms with Crippen LogP contribution in [0.25, 0.3) is 0 Å². The quantitative estimate of drug-likeness (QED) is 0.624. The Morgan fingerprint density at radius 2 is 1.56 bits per heavy atom. The molecular weight excluding hydrogens is 220 g/mol. The summed E-state index contributed by atoms with van der Waals surface area (Å²) in [4.78, 5) is 4.30. The van der Waals surface area contributed by atoms with Crippen molar-refractivity contribution in [1.82, 2.24) is 0 Å². The molecule has 0 atom stereocenters. The Morgan fingerprint density at radius 3 is 2.25 bits per heavy atom. The van der Waals surface area contributed by atoms with E-state index in [9.17, 15) is 0 Å². The first-order valence-corrected chi connectivity index (χ1v) is 5.29. The van der Waals surface area contributed by atoms with E-state index in [-0.39, 0.29) is 0 Å². The molecule has 0 bridgehead atoms. The largest absolute Gasteiger partial charge is 0.383 e. The number of hydrogen-bond acceptors (Lipinski definition) is 1. The van der Waals surface area contributed by atoms with E-state index in [0.29, 0.717) is 10.9 Å². The molecule has 0 amide bonds. The van der Waals surface area contributed by atoms with Crippen molar-refractivity contribution in [3.8, 4) is 0 Å². The van der Waals surface area contributed by atoms with E-state index in [1.165, 1.54) is 0 Å². The molecule has 2 N–H and O–H groups in total. The molecule has 3 heteroatoms. The van der Waals surface area contributed by atoms with Crippen LogP contribution in [0, 0.1) is 0 Å². The van der Waals surface area contributed by atoms with Crippen molar-refractivity contribution in [2.45, 2.75) is 0 Å². The number of amidine groups is 1. The summed E-state index contributed by atoms with van der Waals surface area (Å²) in [6.45, 7) is 0. The summed E-state index contributed by atoms with van der Waals surface area (Å²) in [6.07, 6.45) is 0. The van der Waals surface area contributed by atoms with Gasteiger partial charge in [0, 0.05) is 5.56 Å². The molecule has 0 saturated carbocycles. The average molecular weight is 231 g/mol. The van der Waals surface area contributed by atoms with Crippen LogP contribution >= 0.6 is 11.6 Å². The van der Waals surface area contributed by atoms with E-state index in [0.717, 1.165) is 11.3 Å². The van der Waals surface area contributed by atoms with Crippen molar-refractivity contribution in [2.75, 3.05) is 0 Å². The van der Waals surface area contributed by atoms with Crippen molar-refractivity contribution in [3.05, 3.63) is 65.2 Å². The first kappa shape index (κ1) is 10.7. The Bertz CT molecular complexity index is 506. The summed E-state index contributed by atoms with van der Waals surface area (Å²) in [7, 11) is 0. The van der Waals surface area contributed by atoms with Crippen molar-refractivity contribution in [1.29, 1.82) is 0 Å². The van der Waals surface area contributed by atoms with Crippen LogP contribution < -0.4 is 5.73 Å². The maximum Gasteiger partial charge on any atom is 0.132 e. The Labute approximate surface area is 99.4 Å². The van der Waals surface area contributed by atoms with Gasteiger partial charge in [-0.25, -0.2) is 4.99 Å². The van der Waals surface area contributed by atoms with Crippen LogP contribution in [0.4, 0.5) is 5.69 Å². The molecule has 0 saturated heterocycles. The fourth-order valence-corrected chi connectivity index (χ4v) is 1.60. The third-order valence-corrected chi connectivity index (χ3v) is 2.49. The minimum atomic E-state index is 0.428. The Morgan fingerprint density at radius 1 is 0.938 bits per heavy atom. The third kappa shape index (κ3) is 2.41.